The third kappa shape index (κ3) is 2.34. The predicted molar refractivity (Wildman–Crippen MR) is 83.7 cm³/mol. The van der Waals surface area contributed by atoms with Gasteiger partial charge in [0.15, 0.2) is 0 Å². The average Bonchev–Trinajstić information content (AvgIpc) is 2.82. The van der Waals surface area contributed by atoms with Crippen LogP contribution in [0, 0.1) is 18.3 Å². The Morgan fingerprint density at radius 3 is 2.76 bits per heavy atom. The number of fused-ring (bicyclic) bond motifs is 1. The maximum Gasteiger partial charge on any atom is 0.201 e. The molecular formula is C17H16N4. The first kappa shape index (κ1) is 13.2. The van der Waals surface area contributed by atoms with Gasteiger partial charge in [0, 0.05) is 6.54 Å². The van der Waals surface area contributed by atoms with Crippen molar-refractivity contribution in [2.75, 3.05) is 5.73 Å². The molecule has 0 amide bonds. The Kier molecular flexibility index (Phi) is 3.33. The van der Waals surface area contributed by atoms with Crippen LogP contribution in [0.4, 0.5) is 5.95 Å². The van der Waals surface area contributed by atoms with Gasteiger partial charge in [-0.2, -0.15) is 5.26 Å². The first-order chi connectivity index (χ1) is 10.2. The van der Waals surface area contributed by atoms with Gasteiger partial charge in [0.1, 0.15) is 11.6 Å². The molecule has 104 valence electrons. The van der Waals surface area contributed by atoms with Gasteiger partial charge in [0.2, 0.25) is 5.95 Å². The van der Waals surface area contributed by atoms with E-state index in [2.05, 4.69) is 30.1 Å². The molecule has 2 N–H and O–H groups in total. The van der Waals surface area contributed by atoms with E-state index in [1.807, 2.05) is 28.8 Å². The van der Waals surface area contributed by atoms with E-state index in [-0.39, 0.29) is 0 Å². The first-order valence-corrected chi connectivity index (χ1v) is 6.90. The minimum Gasteiger partial charge on any atom is -0.369 e. The van der Waals surface area contributed by atoms with Crippen LogP contribution < -0.4 is 5.73 Å². The molecule has 21 heavy (non-hydrogen) atoms. The zero-order chi connectivity index (χ0) is 14.8. The van der Waals surface area contributed by atoms with E-state index in [4.69, 9.17) is 11.0 Å². The third-order valence-corrected chi connectivity index (χ3v) is 3.79. The maximum atomic E-state index is 9.14. The Balaban J connectivity index is 1.97. The standard InChI is InChI=1S/C17H16N4/c1-12-5-2-3-6-13(12)9-10-21-15-8-4-7-14(11-18)16(15)20-17(21)19/h2-8H,9-10H2,1H3,(H2,19,20). The van der Waals surface area contributed by atoms with E-state index in [0.29, 0.717) is 17.0 Å². The number of nitrogen functional groups attached to an aromatic ring is 1. The van der Waals surface area contributed by atoms with Crippen molar-refractivity contribution in [2.45, 2.75) is 19.9 Å². The number of hydrogen-bond acceptors (Lipinski definition) is 3. The van der Waals surface area contributed by atoms with Crippen LogP contribution in [0.5, 0.6) is 0 Å². The van der Waals surface area contributed by atoms with Crippen LogP contribution in [0.2, 0.25) is 0 Å². The average molecular weight is 276 g/mol. The zero-order valence-corrected chi connectivity index (χ0v) is 11.9. The first-order valence-electron chi connectivity index (χ1n) is 6.90. The molecule has 1 aromatic heterocycles. The molecule has 0 atom stereocenters. The summed E-state index contributed by atoms with van der Waals surface area (Å²) in [6, 6.07) is 16.1. The van der Waals surface area contributed by atoms with E-state index in [0.717, 1.165) is 18.5 Å². The Morgan fingerprint density at radius 2 is 2.00 bits per heavy atom. The smallest absolute Gasteiger partial charge is 0.201 e. The zero-order valence-electron chi connectivity index (χ0n) is 11.9. The van der Waals surface area contributed by atoms with Crippen molar-refractivity contribution in [1.82, 2.24) is 9.55 Å². The highest BCUT2D eigenvalue weighted by Crippen LogP contribution is 2.22. The lowest BCUT2D eigenvalue weighted by Gasteiger charge is -2.08. The number of imidazole rings is 1. The SMILES string of the molecule is Cc1ccccc1CCn1c(N)nc2c(C#N)cccc21. The van der Waals surface area contributed by atoms with Crippen molar-refractivity contribution in [3.63, 3.8) is 0 Å². The van der Waals surface area contributed by atoms with Crippen molar-refractivity contribution in [1.29, 1.82) is 5.26 Å². The van der Waals surface area contributed by atoms with Gasteiger partial charge < -0.3 is 10.3 Å². The summed E-state index contributed by atoms with van der Waals surface area (Å²) in [5, 5.41) is 9.14. The van der Waals surface area contributed by atoms with Crippen LogP contribution in [0.25, 0.3) is 11.0 Å². The molecule has 1 heterocycles. The molecule has 4 heteroatoms. The topological polar surface area (TPSA) is 67.6 Å². The summed E-state index contributed by atoms with van der Waals surface area (Å²) in [7, 11) is 0. The van der Waals surface area contributed by atoms with Gasteiger partial charge in [0.05, 0.1) is 11.1 Å². The molecule has 3 aromatic rings. The van der Waals surface area contributed by atoms with Crippen molar-refractivity contribution in [2.24, 2.45) is 0 Å². The summed E-state index contributed by atoms with van der Waals surface area (Å²) in [5.74, 6) is 0.460. The minimum absolute atomic E-state index is 0.460. The summed E-state index contributed by atoms with van der Waals surface area (Å²) >= 11 is 0. The lowest BCUT2D eigenvalue weighted by Crippen LogP contribution is -2.06. The van der Waals surface area contributed by atoms with Crippen LogP contribution in [0.3, 0.4) is 0 Å². The highest BCUT2D eigenvalue weighted by atomic mass is 15.1. The largest absolute Gasteiger partial charge is 0.369 e. The molecule has 0 unspecified atom stereocenters. The van der Waals surface area contributed by atoms with Crippen LogP contribution >= 0.6 is 0 Å². The van der Waals surface area contributed by atoms with Gasteiger partial charge in [-0.05, 0) is 36.6 Å². The van der Waals surface area contributed by atoms with Gasteiger partial charge in [-0.1, -0.05) is 30.3 Å². The molecule has 0 spiro atoms. The quantitative estimate of drug-likeness (QED) is 0.799. The highest BCUT2D eigenvalue weighted by molar-refractivity contribution is 5.83. The summed E-state index contributed by atoms with van der Waals surface area (Å²) in [6.45, 7) is 2.86. The number of hydrogen-bond donors (Lipinski definition) is 1. The van der Waals surface area contributed by atoms with E-state index in [1.54, 1.807) is 6.07 Å². The number of rotatable bonds is 3. The summed E-state index contributed by atoms with van der Waals surface area (Å²) in [6.07, 6.45) is 0.888. The Morgan fingerprint density at radius 1 is 1.19 bits per heavy atom. The molecule has 0 aliphatic rings. The second-order valence-electron chi connectivity index (χ2n) is 5.08. The lowest BCUT2D eigenvalue weighted by molar-refractivity contribution is 0.723. The fourth-order valence-corrected chi connectivity index (χ4v) is 2.61. The number of aryl methyl sites for hydroxylation is 3. The van der Waals surface area contributed by atoms with Gasteiger partial charge in [0.25, 0.3) is 0 Å². The van der Waals surface area contributed by atoms with Crippen LogP contribution in [-0.2, 0) is 13.0 Å². The normalized spacial score (nSPS) is 10.7. The monoisotopic (exact) mass is 276 g/mol. The summed E-state index contributed by atoms with van der Waals surface area (Å²) in [5.41, 5.74) is 10.8. The fraction of sp³-hybridized carbons (Fsp3) is 0.176. The van der Waals surface area contributed by atoms with Crippen molar-refractivity contribution >= 4 is 17.0 Å². The van der Waals surface area contributed by atoms with Crippen LogP contribution in [0.1, 0.15) is 16.7 Å². The predicted octanol–water partition coefficient (Wildman–Crippen LogP) is 3.04. The molecule has 2 aromatic carbocycles. The Bertz CT molecular complexity index is 840. The lowest BCUT2D eigenvalue weighted by atomic mass is 10.1. The molecule has 0 saturated heterocycles. The van der Waals surface area contributed by atoms with E-state index in [1.165, 1.54) is 11.1 Å². The number of nitrogens with zero attached hydrogens (tertiary/aromatic N) is 3. The molecular weight excluding hydrogens is 260 g/mol. The molecule has 0 radical (unpaired) electrons. The second-order valence-corrected chi connectivity index (χ2v) is 5.08. The summed E-state index contributed by atoms with van der Waals surface area (Å²) in [4.78, 5) is 4.34. The van der Waals surface area contributed by atoms with Gasteiger partial charge >= 0.3 is 0 Å². The Hall–Kier alpha value is -2.80. The molecule has 0 aliphatic carbocycles. The highest BCUT2D eigenvalue weighted by Gasteiger charge is 2.11. The number of anilines is 1. The third-order valence-electron chi connectivity index (χ3n) is 3.79. The van der Waals surface area contributed by atoms with Crippen molar-refractivity contribution < 1.29 is 0 Å². The molecule has 0 aliphatic heterocycles. The van der Waals surface area contributed by atoms with Crippen molar-refractivity contribution in [3.8, 4) is 6.07 Å². The number of nitriles is 1. The molecule has 0 saturated carbocycles. The van der Waals surface area contributed by atoms with Gasteiger partial charge in [-0.25, -0.2) is 4.98 Å². The van der Waals surface area contributed by atoms with E-state index in [9.17, 15) is 0 Å². The number of para-hydroxylation sites is 1. The van der Waals surface area contributed by atoms with Gasteiger partial charge in [-0.15, -0.1) is 0 Å². The molecule has 4 nitrogen and oxygen atoms in total. The molecule has 0 fully saturated rings. The number of benzene rings is 2. The molecule has 3 rings (SSSR count). The minimum atomic E-state index is 0.460. The maximum absolute atomic E-state index is 9.14. The second kappa shape index (κ2) is 5.29. The Labute approximate surface area is 123 Å². The summed E-state index contributed by atoms with van der Waals surface area (Å²) < 4.78 is 1.97. The number of nitrogens with two attached hydrogens (primary N) is 1. The van der Waals surface area contributed by atoms with Crippen LogP contribution in [0.15, 0.2) is 42.5 Å². The van der Waals surface area contributed by atoms with E-state index >= 15 is 0 Å². The van der Waals surface area contributed by atoms with Gasteiger partial charge in [-0.3, -0.25) is 0 Å². The fourth-order valence-electron chi connectivity index (χ4n) is 2.61. The van der Waals surface area contributed by atoms with E-state index < -0.39 is 0 Å². The molecule has 0 bridgehead atoms. The number of aromatic nitrogens is 2. The van der Waals surface area contributed by atoms with Crippen molar-refractivity contribution in [3.05, 3.63) is 59.2 Å². The van der Waals surface area contributed by atoms with Crippen LogP contribution in [-0.4, -0.2) is 9.55 Å².